The van der Waals surface area contributed by atoms with Crippen LogP contribution in [0.25, 0.3) is 22.4 Å². The van der Waals surface area contributed by atoms with Gasteiger partial charge in [-0.1, -0.05) is 36.5 Å². The average Bonchev–Trinajstić information content (AvgIpc) is 2.81. The molecule has 6 heteroatoms. The van der Waals surface area contributed by atoms with Crippen molar-refractivity contribution in [1.29, 1.82) is 0 Å². The van der Waals surface area contributed by atoms with Gasteiger partial charge in [-0.05, 0) is 24.6 Å². The van der Waals surface area contributed by atoms with E-state index in [4.69, 9.17) is 27.6 Å². The number of halogens is 2. The Hall–Kier alpha value is -1.78. The molecule has 0 radical (unpaired) electrons. The third-order valence-electron chi connectivity index (χ3n) is 3.44. The first-order valence-electron chi connectivity index (χ1n) is 6.95. The first-order valence-corrected chi connectivity index (χ1v) is 7.71. The molecule has 2 aromatic heterocycles. The molecule has 3 rings (SSSR count). The third-order valence-corrected chi connectivity index (χ3v) is 3.94. The number of aromatic nitrogens is 2. The van der Waals surface area contributed by atoms with E-state index in [2.05, 4.69) is 12.0 Å². The van der Waals surface area contributed by atoms with Crippen LogP contribution in [0.15, 0.2) is 33.5 Å². The van der Waals surface area contributed by atoms with Gasteiger partial charge in [0.25, 0.3) is 0 Å². The fourth-order valence-electron chi connectivity index (χ4n) is 2.45. The molecule has 0 bridgehead atoms. The van der Waals surface area contributed by atoms with Gasteiger partial charge in [-0.2, -0.15) is 5.10 Å². The third kappa shape index (κ3) is 2.64. The van der Waals surface area contributed by atoms with E-state index in [1.807, 2.05) is 13.1 Å². The smallest absolute Gasteiger partial charge is 0.193 e. The van der Waals surface area contributed by atoms with E-state index in [1.54, 1.807) is 16.8 Å². The van der Waals surface area contributed by atoms with E-state index in [-0.39, 0.29) is 5.43 Å². The number of aryl methyl sites for hydroxylation is 2. The summed E-state index contributed by atoms with van der Waals surface area (Å²) in [6.07, 6.45) is 1.88. The summed E-state index contributed by atoms with van der Waals surface area (Å²) in [6, 6.07) is 6.49. The van der Waals surface area contributed by atoms with Crippen LogP contribution in [-0.2, 0) is 13.5 Å². The van der Waals surface area contributed by atoms with Crippen molar-refractivity contribution in [3.8, 4) is 11.5 Å². The maximum atomic E-state index is 12.3. The normalized spacial score (nSPS) is 11.3. The Bertz CT molecular complexity index is 912. The van der Waals surface area contributed by atoms with Gasteiger partial charge in [-0.3, -0.25) is 9.48 Å². The Balaban J connectivity index is 2.22. The summed E-state index contributed by atoms with van der Waals surface area (Å²) >= 11 is 12.1. The minimum atomic E-state index is -0.182. The molecule has 3 aromatic rings. The van der Waals surface area contributed by atoms with Gasteiger partial charge < -0.3 is 4.42 Å². The highest BCUT2D eigenvalue weighted by atomic mass is 35.5. The van der Waals surface area contributed by atoms with Crippen LogP contribution in [0.4, 0.5) is 0 Å². The molecule has 0 atom stereocenters. The maximum Gasteiger partial charge on any atom is 0.193 e. The van der Waals surface area contributed by atoms with E-state index in [0.717, 1.165) is 24.2 Å². The van der Waals surface area contributed by atoms with Crippen molar-refractivity contribution in [2.24, 2.45) is 7.05 Å². The standard InChI is InChI=1S/C16H14Cl2N2O2/c1-3-4-10-7-13(20(2)19-10)15-8-14(21)11-5-9(17)6-12(18)16(11)22-15/h5-8H,3-4H2,1-2H3. The lowest BCUT2D eigenvalue weighted by Crippen LogP contribution is -2.02. The van der Waals surface area contributed by atoms with Crippen LogP contribution < -0.4 is 5.43 Å². The summed E-state index contributed by atoms with van der Waals surface area (Å²) in [4.78, 5) is 12.3. The molecule has 1 aromatic carbocycles. The van der Waals surface area contributed by atoms with Gasteiger partial charge in [-0.15, -0.1) is 0 Å². The SMILES string of the molecule is CCCc1cc(-c2cc(=O)c3cc(Cl)cc(Cl)c3o2)n(C)n1. The molecule has 114 valence electrons. The lowest BCUT2D eigenvalue weighted by atomic mass is 10.2. The predicted octanol–water partition coefficient (Wildman–Crippen LogP) is 4.45. The molecule has 22 heavy (non-hydrogen) atoms. The predicted molar refractivity (Wildman–Crippen MR) is 88.7 cm³/mol. The lowest BCUT2D eigenvalue weighted by molar-refractivity contribution is 0.606. The Morgan fingerprint density at radius 2 is 2.00 bits per heavy atom. The summed E-state index contributed by atoms with van der Waals surface area (Å²) in [5.74, 6) is 0.444. The highest BCUT2D eigenvalue weighted by Gasteiger charge is 2.14. The molecular formula is C16H14Cl2N2O2. The van der Waals surface area contributed by atoms with Crippen molar-refractivity contribution >= 4 is 34.2 Å². The molecule has 0 N–H and O–H groups in total. The summed E-state index contributed by atoms with van der Waals surface area (Å²) in [5.41, 5.74) is 1.86. The Kier molecular flexibility index (Phi) is 3.98. The molecule has 0 aliphatic carbocycles. The van der Waals surface area contributed by atoms with E-state index in [0.29, 0.717) is 26.8 Å². The summed E-state index contributed by atoms with van der Waals surface area (Å²) in [6.45, 7) is 2.09. The van der Waals surface area contributed by atoms with Crippen LogP contribution in [-0.4, -0.2) is 9.78 Å². The molecule has 0 saturated heterocycles. The fourth-order valence-corrected chi connectivity index (χ4v) is 2.98. The second-order valence-electron chi connectivity index (χ2n) is 5.13. The molecule has 0 fully saturated rings. The zero-order chi connectivity index (χ0) is 15.9. The summed E-state index contributed by atoms with van der Waals surface area (Å²) < 4.78 is 7.54. The molecular weight excluding hydrogens is 323 g/mol. The second-order valence-corrected chi connectivity index (χ2v) is 5.98. The van der Waals surface area contributed by atoms with Crippen molar-refractivity contribution < 1.29 is 4.42 Å². The minimum Gasteiger partial charge on any atom is -0.453 e. The van der Waals surface area contributed by atoms with Gasteiger partial charge in [0.2, 0.25) is 0 Å². The van der Waals surface area contributed by atoms with E-state index < -0.39 is 0 Å². The molecule has 2 heterocycles. The van der Waals surface area contributed by atoms with Crippen LogP contribution in [0, 0.1) is 0 Å². The van der Waals surface area contributed by atoms with Crippen LogP contribution in [0.5, 0.6) is 0 Å². The number of nitrogens with zero attached hydrogens (tertiary/aromatic N) is 2. The molecule has 0 aliphatic rings. The van der Waals surface area contributed by atoms with E-state index in [1.165, 1.54) is 6.07 Å². The van der Waals surface area contributed by atoms with Crippen molar-refractivity contribution in [2.75, 3.05) is 0 Å². The van der Waals surface area contributed by atoms with Crippen molar-refractivity contribution in [1.82, 2.24) is 9.78 Å². The zero-order valence-electron chi connectivity index (χ0n) is 12.2. The molecule has 0 unspecified atom stereocenters. The maximum absolute atomic E-state index is 12.3. The lowest BCUT2D eigenvalue weighted by Gasteiger charge is -2.05. The minimum absolute atomic E-state index is 0.182. The average molecular weight is 337 g/mol. The number of fused-ring (bicyclic) bond motifs is 1. The second kappa shape index (κ2) is 5.78. The largest absolute Gasteiger partial charge is 0.453 e. The Morgan fingerprint density at radius 3 is 2.73 bits per heavy atom. The first kappa shape index (κ1) is 15.1. The van der Waals surface area contributed by atoms with Crippen LogP contribution in [0.3, 0.4) is 0 Å². The number of benzene rings is 1. The van der Waals surface area contributed by atoms with Crippen molar-refractivity contribution in [2.45, 2.75) is 19.8 Å². The van der Waals surface area contributed by atoms with Crippen molar-refractivity contribution in [3.05, 3.63) is 50.2 Å². The number of hydrogen-bond donors (Lipinski definition) is 0. The highest BCUT2D eigenvalue weighted by Crippen LogP contribution is 2.29. The zero-order valence-corrected chi connectivity index (χ0v) is 13.7. The van der Waals surface area contributed by atoms with Gasteiger partial charge in [-0.25, -0.2) is 0 Å². The highest BCUT2D eigenvalue weighted by molar-refractivity contribution is 6.38. The van der Waals surface area contributed by atoms with Gasteiger partial charge in [0.05, 0.1) is 16.1 Å². The van der Waals surface area contributed by atoms with E-state index in [9.17, 15) is 4.79 Å². The summed E-state index contributed by atoms with van der Waals surface area (Å²) in [5, 5.41) is 5.52. The monoisotopic (exact) mass is 336 g/mol. The van der Waals surface area contributed by atoms with Crippen LogP contribution in [0.2, 0.25) is 10.0 Å². The Morgan fingerprint density at radius 1 is 1.23 bits per heavy atom. The number of hydrogen-bond acceptors (Lipinski definition) is 3. The quantitative estimate of drug-likeness (QED) is 0.709. The molecule has 0 spiro atoms. The van der Waals surface area contributed by atoms with Crippen LogP contribution in [0.1, 0.15) is 19.0 Å². The van der Waals surface area contributed by atoms with Gasteiger partial charge >= 0.3 is 0 Å². The molecule has 4 nitrogen and oxygen atoms in total. The Labute approximate surface area is 137 Å². The number of rotatable bonds is 3. The molecule has 0 aliphatic heterocycles. The topological polar surface area (TPSA) is 48.0 Å². The van der Waals surface area contributed by atoms with E-state index >= 15 is 0 Å². The van der Waals surface area contributed by atoms with Crippen LogP contribution >= 0.6 is 23.2 Å². The fraction of sp³-hybridized carbons (Fsp3) is 0.250. The summed E-state index contributed by atoms with van der Waals surface area (Å²) in [7, 11) is 1.82. The van der Waals surface area contributed by atoms with Gasteiger partial charge in [0.1, 0.15) is 5.69 Å². The first-order chi connectivity index (χ1) is 10.5. The van der Waals surface area contributed by atoms with Crippen molar-refractivity contribution in [3.63, 3.8) is 0 Å². The van der Waals surface area contributed by atoms with Gasteiger partial charge in [0.15, 0.2) is 16.8 Å². The molecule has 0 amide bonds. The van der Waals surface area contributed by atoms with Gasteiger partial charge in [0, 0.05) is 18.1 Å². The molecule has 0 saturated carbocycles.